The summed E-state index contributed by atoms with van der Waals surface area (Å²) in [7, 11) is 0. The Morgan fingerprint density at radius 2 is 1.85 bits per heavy atom. The molecule has 0 fully saturated rings. The predicted molar refractivity (Wildman–Crippen MR) is 81.9 cm³/mol. The Kier molecular flexibility index (Phi) is 3.55. The quantitative estimate of drug-likeness (QED) is 0.887. The highest BCUT2D eigenvalue weighted by Crippen LogP contribution is 2.38. The number of fused-ring (bicyclic) bond motifs is 1. The molecule has 2 nitrogen and oxygen atoms in total. The molecule has 2 N–H and O–H groups in total. The van der Waals surface area contributed by atoms with Crippen LogP contribution >= 0.6 is 11.6 Å². The average Bonchev–Trinajstić information content (AvgIpc) is 2.47. The Hall–Kier alpha value is -1.35. The van der Waals surface area contributed by atoms with Crippen LogP contribution in [0.15, 0.2) is 48.5 Å². The van der Waals surface area contributed by atoms with Crippen LogP contribution in [-0.4, -0.2) is 11.7 Å². The van der Waals surface area contributed by atoms with Gasteiger partial charge in [0.05, 0.1) is 6.04 Å². The average molecular weight is 288 g/mol. The molecule has 2 unspecified atom stereocenters. The van der Waals surface area contributed by atoms with Crippen LogP contribution in [0.1, 0.15) is 29.7 Å². The van der Waals surface area contributed by atoms with Crippen molar-refractivity contribution in [2.75, 3.05) is 6.54 Å². The molecule has 3 heteroatoms. The Morgan fingerprint density at radius 3 is 2.60 bits per heavy atom. The van der Waals surface area contributed by atoms with Crippen molar-refractivity contribution in [2.24, 2.45) is 0 Å². The largest absolute Gasteiger partial charge is 0.383 e. The summed E-state index contributed by atoms with van der Waals surface area (Å²) in [4.78, 5) is 0. The first-order valence-corrected chi connectivity index (χ1v) is 7.26. The van der Waals surface area contributed by atoms with Crippen LogP contribution in [0.4, 0.5) is 0 Å². The topological polar surface area (TPSA) is 32.3 Å². The number of aliphatic hydroxyl groups is 1. The fourth-order valence-electron chi connectivity index (χ4n) is 2.96. The highest BCUT2D eigenvalue weighted by Gasteiger charge is 2.37. The molecule has 0 saturated heterocycles. The normalized spacial score (nSPS) is 21.1. The van der Waals surface area contributed by atoms with Crippen molar-refractivity contribution in [3.05, 3.63) is 70.2 Å². The molecule has 0 bridgehead atoms. The van der Waals surface area contributed by atoms with E-state index in [-0.39, 0.29) is 6.04 Å². The zero-order valence-corrected chi connectivity index (χ0v) is 12.2. The van der Waals surface area contributed by atoms with Crippen molar-refractivity contribution in [1.29, 1.82) is 0 Å². The van der Waals surface area contributed by atoms with E-state index in [0.29, 0.717) is 5.02 Å². The molecular formula is C17H18ClNO. The number of halogens is 1. The molecular weight excluding hydrogens is 270 g/mol. The summed E-state index contributed by atoms with van der Waals surface area (Å²) in [6.07, 6.45) is 1.00. The van der Waals surface area contributed by atoms with Crippen LogP contribution in [0.25, 0.3) is 0 Å². The minimum Gasteiger partial charge on any atom is -0.383 e. The van der Waals surface area contributed by atoms with Crippen LogP contribution in [0.5, 0.6) is 0 Å². The van der Waals surface area contributed by atoms with Gasteiger partial charge in [0.2, 0.25) is 0 Å². The Morgan fingerprint density at radius 1 is 1.15 bits per heavy atom. The van der Waals surface area contributed by atoms with Gasteiger partial charge in [0.25, 0.3) is 0 Å². The van der Waals surface area contributed by atoms with Gasteiger partial charge in [-0.3, -0.25) is 0 Å². The van der Waals surface area contributed by atoms with Crippen LogP contribution < -0.4 is 5.32 Å². The van der Waals surface area contributed by atoms with Gasteiger partial charge in [-0.2, -0.15) is 0 Å². The van der Waals surface area contributed by atoms with Gasteiger partial charge in [-0.15, -0.1) is 0 Å². The highest BCUT2D eigenvalue weighted by molar-refractivity contribution is 6.30. The smallest absolute Gasteiger partial charge is 0.106 e. The predicted octanol–water partition coefficient (Wildman–Crippen LogP) is 3.43. The van der Waals surface area contributed by atoms with E-state index in [1.165, 1.54) is 11.1 Å². The third-order valence-corrected chi connectivity index (χ3v) is 4.35. The molecule has 20 heavy (non-hydrogen) atoms. The summed E-state index contributed by atoms with van der Waals surface area (Å²) < 4.78 is 0. The third-order valence-electron chi connectivity index (χ3n) is 4.10. The van der Waals surface area contributed by atoms with Gasteiger partial charge < -0.3 is 10.4 Å². The number of nitrogens with one attached hydrogen (secondary N) is 1. The molecule has 0 aliphatic carbocycles. The molecule has 2 atom stereocenters. The van der Waals surface area contributed by atoms with Crippen molar-refractivity contribution < 1.29 is 5.11 Å². The molecule has 1 heterocycles. The van der Waals surface area contributed by atoms with E-state index < -0.39 is 5.60 Å². The summed E-state index contributed by atoms with van der Waals surface area (Å²) in [5, 5.41) is 15.2. The summed E-state index contributed by atoms with van der Waals surface area (Å²) >= 11 is 5.93. The standard InChI is InChI=1S/C17H18ClNO/c1-17(20,13-6-8-14(18)9-7-13)16-15-5-3-2-4-12(15)10-11-19-16/h2-9,16,19-20H,10-11H2,1H3. The van der Waals surface area contributed by atoms with Gasteiger partial charge in [-0.1, -0.05) is 48.0 Å². The van der Waals surface area contributed by atoms with E-state index in [1.807, 2.05) is 37.3 Å². The van der Waals surface area contributed by atoms with Gasteiger partial charge in [-0.05, 0) is 48.7 Å². The maximum Gasteiger partial charge on any atom is 0.106 e. The summed E-state index contributed by atoms with van der Waals surface area (Å²) in [5.41, 5.74) is 2.39. The van der Waals surface area contributed by atoms with Gasteiger partial charge >= 0.3 is 0 Å². The van der Waals surface area contributed by atoms with Crippen molar-refractivity contribution in [3.8, 4) is 0 Å². The van der Waals surface area contributed by atoms with E-state index >= 15 is 0 Å². The van der Waals surface area contributed by atoms with Crippen LogP contribution in [0, 0.1) is 0 Å². The molecule has 0 spiro atoms. The molecule has 1 aliphatic heterocycles. The summed E-state index contributed by atoms with van der Waals surface area (Å²) in [5.74, 6) is 0. The second-order valence-corrected chi connectivity index (χ2v) is 5.93. The molecule has 0 saturated carbocycles. The number of hydrogen-bond donors (Lipinski definition) is 2. The molecule has 0 amide bonds. The van der Waals surface area contributed by atoms with E-state index in [9.17, 15) is 5.11 Å². The zero-order chi connectivity index (χ0) is 14.2. The second kappa shape index (κ2) is 5.21. The lowest BCUT2D eigenvalue weighted by Crippen LogP contribution is -2.43. The van der Waals surface area contributed by atoms with Gasteiger partial charge in [0, 0.05) is 5.02 Å². The third kappa shape index (κ3) is 2.35. The van der Waals surface area contributed by atoms with Crippen molar-refractivity contribution in [2.45, 2.75) is 25.0 Å². The Labute approximate surface area is 124 Å². The van der Waals surface area contributed by atoms with Gasteiger partial charge in [0.15, 0.2) is 0 Å². The number of hydrogen-bond acceptors (Lipinski definition) is 2. The lowest BCUT2D eigenvalue weighted by atomic mass is 9.80. The first-order chi connectivity index (χ1) is 9.59. The molecule has 1 aliphatic rings. The molecule has 2 aromatic rings. The Bertz CT molecular complexity index is 607. The minimum atomic E-state index is -0.971. The molecule has 3 rings (SSSR count). The lowest BCUT2D eigenvalue weighted by molar-refractivity contribution is 0.0118. The maximum absolute atomic E-state index is 11.0. The molecule has 2 aromatic carbocycles. The van der Waals surface area contributed by atoms with Crippen LogP contribution in [0.2, 0.25) is 5.02 Å². The van der Waals surface area contributed by atoms with Crippen molar-refractivity contribution >= 4 is 11.6 Å². The first-order valence-electron chi connectivity index (χ1n) is 6.88. The molecule has 0 aromatic heterocycles. The van der Waals surface area contributed by atoms with E-state index in [1.54, 1.807) is 0 Å². The van der Waals surface area contributed by atoms with E-state index in [2.05, 4.69) is 23.5 Å². The SMILES string of the molecule is CC(O)(c1ccc(Cl)cc1)C1NCCc2ccccc21. The highest BCUT2D eigenvalue weighted by atomic mass is 35.5. The zero-order valence-electron chi connectivity index (χ0n) is 11.4. The lowest BCUT2D eigenvalue weighted by Gasteiger charge is -2.38. The van der Waals surface area contributed by atoms with Crippen molar-refractivity contribution in [3.63, 3.8) is 0 Å². The monoisotopic (exact) mass is 287 g/mol. The fourth-order valence-corrected chi connectivity index (χ4v) is 3.09. The van der Waals surface area contributed by atoms with E-state index in [4.69, 9.17) is 11.6 Å². The first kappa shape index (κ1) is 13.6. The molecule has 104 valence electrons. The number of benzene rings is 2. The Balaban J connectivity index is 2.02. The van der Waals surface area contributed by atoms with Gasteiger partial charge in [-0.25, -0.2) is 0 Å². The van der Waals surface area contributed by atoms with Crippen LogP contribution in [-0.2, 0) is 12.0 Å². The van der Waals surface area contributed by atoms with Gasteiger partial charge in [0.1, 0.15) is 5.60 Å². The molecule has 0 radical (unpaired) electrons. The summed E-state index contributed by atoms with van der Waals surface area (Å²) in [6.45, 7) is 2.74. The minimum absolute atomic E-state index is 0.103. The maximum atomic E-state index is 11.0. The second-order valence-electron chi connectivity index (χ2n) is 5.49. The summed E-state index contributed by atoms with van der Waals surface area (Å²) in [6, 6.07) is 15.6. The van der Waals surface area contributed by atoms with E-state index in [0.717, 1.165) is 18.5 Å². The van der Waals surface area contributed by atoms with Crippen LogP contribution in [0.3, 0.4) is 0 Å². The number of rotatable bonds is 2. The fraction of sp³-hybridized carbons (Fsp3) is 0.294. The van der Waals surface area contributed by atoms with Crippen molar-refractivity contribution in [1.82, 2.24) is 5.32 Å².